The molecule has 0 saturated carbocycles. The topological polar surface area (TPSA) is 61.3 Å². The number of hydrogen-bond donors (Lipinski definition) is 2. The maximum Gasteiger partial charge on any atom is 0.225 e. The van der Waals surface area contributed by atoms with Gasteiger partial charge in [-0.25, -0.2) is 4.98 Å². The Balaban J connectivity index is 1.86. The zero-order chi connectivity index (χ0) is 17.1. The molecule has 2 aromatic rings. The lowest BCUT2D eigenvalue weighted by Gasteiger charge is -2.30. The molecule has 0 saturated heterocycles. The standard InChI is InChI=1S/C18H23BrN4O/c1-3-16-9-17(22-18(21-16)20-12(2)11-24)23-7-6-13-8-15(19)5-4-14(13)10-23/h4-5,8-9,12,24H,3,6-7,10-11H2,1-2H3,(H,20,21,22)/t12-/m1/s1. The predicted octanol–water partition coefficient (Wildman–Crippen LogP) is 3.16. The van der Waals surface area contributed by atoms with Gasteiger partial charge in [0.2, 0.25) is 5.95 Å². The Morgan fingerprint density at radius 3 is 2.88 bits per heavy atom. The van der Waals surface area contributed by atoms with Gasteiger partial charge in [-0.15, -0.1) is 0 Å². The van der Waals surface area contributed by atoms with E-state index in [1.165, 1.54) is 11.1 Å². The van der Waals surface area contributed by atoms with Crippen LogP contribution in [-0.4, -0.2) is 34.3 Å². The van der Waals surface area contributed by atoms with E-state index in [1.807, 2.05) is 6.92 Å². The van der Waals surface area contributed by atoms with Gasteiger partial charge < -0.3 is 15.3 Å². The lowest BCUT2D eigenvalue weighted by molar-refractivity contribution is 0.281. The SMILES string of the molecule is CCc1cc(N2CCc3cc(Br)ccc3C2)nc(N[C@H](C)CO)n1. The van der Waals surface area contributed by atoms with Crippen LogP contribution in [0.4, 0.5) is 11.8 Å². The first kappa shape index (κ1) is 17.2. The smallest absolute Gasteiger partial charge is 0.225 e. The first-order valence-electron chi connectivity index (χ1n) is 8.36. The van der Waals surface area contributed by atoms with E-state index < -0.39 is 0 Å². The summed E-state index contributed by atoms with van der Waals surface area (Å²) in [5.41, 5.74) is 3.76. The Morgan fingerprint density at radius 1 is 1.29 bits per heavy atom. The van der Waals surface area contributed by atoms with E-state index in [2.05, 4.69) is 67.3 Å². The van der Waals surface area contributed by atoms with Crippen molar-refractivity contribution in [2.45, 2.75) is 39.3 Å². The molecule has 6 heteroatoms. The fraction of sp³-hybridized carbons (Fsp3) is 0.444. The number of nitrogens with one attached hydrogen (secondary N) is 1. The fourth-order valence-electron chi connectivity index (χ4n) is 2.87. The molecule has 0 spiro atoms. The van der Waals surface area contributed by atoms with Crippen molar-refractivity contribution in [3.05, 3.63) is 45.6 Å². The number of anilines is 2. The van der Waals surface area contributed by atoms with Crippen LogP contribution in [0.2, 0.25) is 0 Å². The summed E-state index contributed by atoms with van der Waals surface area (Å²) in [6, 6.07) is 8.49. The number of hydrogen-bond acceptors (Lipinski definition) is 5. The van der Waals surface area contributed by atoms with Crippen molar-refractivity contribution in [2.24, 2.45) is 0 Å². The van der Waals surface area contributed by atoms with Crippen molar-refractivity contribution in [3.8, 4) is 0 Å². The van der Waals surface area contributed by atoms with E-state index in [-0.39, 0.29) is 12.6 Å². The normalized spacial score (nSPS) is 15.1. The second-order valence-corrected chi connectivity index (χ2v) is 7.12. The number of fused-ring (bicyclic) bond motifs is 1. The van der Waals surface area contributed by atoms with Gasteiger partial charge >= 0.3 is 0 Å². The summed E-state index contributed by atoms with van der Waals surface area (Å²) in [7, 11) is 0. The molecule has 0 bridgehead atoms. The second-order valence-electron chi connectivity index (χ2n) is 6.21. The van der Waals surface area contributed by atoms with Gasteiger partial charge in [-0.3, -0.25) is 0 Å². The first-order chi connectivity index (χ1) is 11.6. The molecule has 1 aliphatic heterocycles. The Kier molecular flexibility index (Phi) is 5.36. The summed E-state index contributed by atoms with van der Waals surface area (Å²) in [5.74, 6) is 1.54. The lowest BCUT2D eigenvalue weighted by Crippen LogP contribution is -2.31. The molecule has 1 aromatic carbocycles. The Morgan fingerprint density at radius 2 is 2.12 bits per heavy atom. The molecule has 24 heavy (non-hydrogen) atoms. The molecule has 1 aliphatic rings. The molecule has 0 amide bonds. The molecule has 3 rings (SSSR count). The minimum atomic E-state index is -0.0654. The number of aliphatic hydroxyl groups is 1. The fourth-order valence-corrected chi connectivity index (χ4v) is 3.28. The third-order valence-corrected chi connectivity index (χ3v) is 4.78. The van der Waals surface area contributed by atoms with Gasteiger partial charge in [0.05, 0.1) is 6.61 Å². The highest BCUT2D eigenvalue weighted by Crippen LogP contribution is 2.26. The monoisotopic (exact) mass is 390 g/mol. The molecule has 1 atom stereocenters. The molecule has 0 unspecified atom stereocenters. The number of halogens is 1. The largest absolute Gasteiger partial charge is 0.394 e. The van der Waals surface area contributed by atoms with Crippen molar-refractivity contribution in [1.29, 1.82) is 0 Å². The van der Waals surface area contributed by atoms with Crippen molar-refractivity contribution in [1.82, 2.24) is 9.97 Å². The summed E-state index contributed by atoms with van der Waals surface area (Å²) in [6.07, 6.45) is 1.87. The Labute approximate surface area is 151 Å². The van der Waals surface area contributed by atoms with E-state index in [1.54, 1.807) is 0 Å². The molecular weight excluding hydrogens is 368 g/mol. The van der Waals surface area contributed by atoms with Crippen LogP contribution in [-0.2, 0) is 19.4 Å². The van der Waals surface area contributed by atoms with Crippen LogP contribution >= 0.6 is 15.9 Å². The summed E-state index contributed by atoms with van der Waals surface area (Å²) >= 11 is 3.55. The van der Waals surface area contributed by atoms with Gasteiger partial charge in [-0.2, -0.15) is 4.98 Å². The average molecular weight is 391 g/mol. The molecule has 0 aliphatic carbocycles. The maximum atomic E-state index is 9.24. The van der Waals surface area contributed by atoms with Gasteiger partial charge in [0.25, 0.3) is 0 Å². The van der Waals surface area contributed by atoms with Gasteiger partial charge in [0.15, 0.2) is 0 Å². The van der Waals surface area contributed by atoms with Crippen LogP contribution in [0, 0.1) is 0 Å². The number of nitrogens with zero attached hydrogens (tertiary/aromatic N) is 3. The van der Waals surface area contributed by atoms with Gasteiger partial charge in [-0.05, 0) is 43.0 Å². The molecule has 2 heterocycles. The summed E-state index contributed by atoms with van der Waals surface area (Å²) in [4.78, 5) is 11.5. The van der Waals surface area contributed by atoms with Crippen molar-refractivity contribution in [3.63, 3.8) is 0 Å². The second kappa shape index (κ2) is 7.49. The van der Waals surface area contributed by atoms with Crippen LogP contribution in [0.5, 0.6) is 0 Å². The molecule has 128 valence electrons. The van der Waals surface area contributed by atoms with E-state index in [0.717, 1.165) is 41.9 Å². The molecule has 0 radical (unpaired) electrons. The predicted molar refractivity (Wildman–Crippen MR) is 100 cm³/mol. The van der Waals surface area contributed by atoms with Crippen molar-refractivity contribution >= 4 is 27.7 Å². The van der Waals surface area contributed by atoms with Crippen LogP contribution < -0.4 is 10.2 Å². The number of aliphatic hydroxyl groups excluding tert-OH is 1. The van der Waals surface area contributed by atoms with Crippen molar-refractivity contribution < 1.29 is 5.11 Å². The molecule has 0 fully saturated rings. The highest BCUT2D eigenvalue weighted by atomic mass is 79.9. The summed E-state index contributed by atoms with van der Waals surface area (Å²) < 4.78 is 1.13. The Bertz CT molecular complexity index is 722. The van der Waals surface area contributed by atoms with E-state index in [9.17, 15) is 5.11 Å². The average Bonchev–Trinajstić information content (AvgIpc) is 2.60. The minimum absolute atomic E-state index is 0.0566. The zero-order valence-corrected chi connectivity index (χ0v) is 15.7. The van der Waals surface area contributed by atoms with Gasteiger partial charge in [0, 0.05) is 35.4 Å². The molecular formula is C18H23BrN4O. The van der Waals surface area contributed by atoms with E-state index in [4.69, 9.17) is 0 Å². The molecule has 1 aromatic heterocycles. The number of benzene rings is 1. The van der Waals surface area contributed by atoms with Crippen LogP contribution in [0.1, 0.15) is 30.7 Å². The number of aryl methyl sites for hydroxylation is 1. The quantitative estimate of drug-likeness (QED) is 0.820. The first-order valence-corrected chi connectivity index (χ1v) is 9.16. The van der Waals surface area contributed by atoms with E-state index >= 15 is 0 Å². The highest BCUT2D eigenvalue weighted by molar-refractivity contribution is 9.10. The summed E-state index contributed by atoms with van der Waals surface area (Å²) in [6.45, 7) is 5.86. The van der Waals surface area contributed by atoms with Crippen molar-refractivity contribution in [2.75, 3.05) is 23.4 Å². The highest BCUT2D eigenvalue weighted by Gasteiger charge is 2.19. The maximum absolute atomic E-state index is 9.24. The minimum Gasteiger partial charge on any atom is -0.394 e. The zero-order valence-electron chi connectivity index (χ0n) is 14.1. The summed E-state index contributed by atoms with van der Waals surface area (Å²) in [5, 5.41) is 12.4. The van der Waals surface area contributed by atoms with Crippen LogP contribution in [0.25, 0.3) is 0 Å². The number of rotatable bonds is 5. The lowest BCUT2D eigenvalue weighted by atomic mass is 10.00. The van der Waals surface area contributed by atoms with E-state index in [0.29, 0.717) is 5.95 Å². The number of aromatic nitrogens is 2. The molecule has 2 N–H and O–H groups in total. The molecule has 5 nitrogen and oxygen atoms in total. The van der Waals surface area contributed by atoms with Crippen LogP contribution in [0.15, 0.2) is 28.7 Å². The van der Waals surface area contributed by atoms with Crippen LogP contribution in [0.3, 0.4) is 0 Å². The van der Waals surface area contributed by atoms with Gasteiger partial charge in [0.1, 0.15) is 5.82 Å². The third kappa shape index (κ3) is 3.87. The Hall–Kier alpha value is -1.66. The van der Waals surface area contributed by atoms with Gasteiger partial charge in [-0.1, -0.05) is 28.9 Å². The third-order valence-electron chi connectivity index (χ3n) is 4.28.